The van der Waals surface area contributed by atoms with E-state index < -0.39 is 16.9 Å². The molecule has 0 saturated heterocycles. The molecule has 0 aliphatic carbocycles. The first kappa shape index (κ1) is 26.4. The van der Waals surface area contributed by atoms with Gasteiger partial charge in [-0.05, 0) is 54.4 Å². The van der Waals surface area contributed by atoms with Crippen molar-refractivity contribution in [2.24, 2.45) is 0 Å². The Bertz CT molecular complexity index is 1440. The number of nitrogens with one attached hydrogen (secondary N) is 1. The molecule has 2 amide bonds. The Morgan fingerprint density at radius 2 is 1.61 bits per heavy atom. The number of carbonyl (C=O) groups excluding carboxylic acids is 1. The third-order valence-corrected chi connectivity index (χ3v) is 6.84. The molecule has 0 bridgehead atoms. The highest BCUT2D eigenvalue weighted by Gasteiger charge is 2.26. The Labute approximate surface area is 224 Å². The number of hydrogen-bond donors (Lipinski definition) is 2. The molecule has 4 aromatic carbocycles. The number of carboxylic acid groups (broad SMARTS) is 1. The summed E-state index contributed by atoms with van der Waals surface area (Å²) in [5, 5.41) is 23.2. The molecule has 0 spiro atoms. The van der Waals surface area contributed by atoms with Gasteiger partial charge in [0.05, 0.1) is 17.4 Å². The molecule has 1 atom stereocenters. The van der Waals surface area contributed by atoms with E-state index in [-0.39, 0.29) is 23.8 Å². The largest absolute Gasteiger partial charge is 0.481 e. The Kier molecular flexibility index (Phi) is 8.40. The van der Waals surface area contributed by atoms with Crippen molar-refractivity contribution in [1.29, 1.82) is 0 Å². The van der Waals surface area contributed by atoms with Crippen molar-refractivity contribution in [3.63, 3.8) is 0 Å². The number of nitro groups is 1. The van der Waals surface area contributed by atoms with Gasteiger partial charge in [-0.15, -0.1) is 0 Å². The number of amides is 2. The maximum absolute atomic E-state index is 13.6. The van der Waals surface area contributed by atoms with Crippen LogP contribution in [0.2, 0.25) is 0 Å². The van der Waals surface area contributed by atoms with Gasteiger partial charge in [-0.2, -0.15) is 0 Å². The lowest BCUT2D eigenvalue weighted by Crippen LogP contribution is -2.37. The second kappa shape index (κ2) is 12.1. The van der Waals surface area contributed by atoms with E-state index in [1.165, 1.54) is 23.9 Å². The Hall–Kier alpha value is -4.63. The van der Waals surface area contributed by atoms with E-state index in [2.05, 4.69) is 5.32 Å². The van der Waals surface area contributed by atoms with Crippen LogP contribution in [0.3, 0.4) is 0 Å². The zero-order valence-corrected chi connectivity index (χ0v) is 21.3. The van der Waals surface area contributed by atoms with Gasteiger partial charge in [0.1, 0.15) is 5.69 Å². The van der Waals surface area contributed by atoms with E-state index in [4.69, 9.17) is 5.11 Å². The van der Waals surface area contributed by atoms with Gasteiger partial charge in [-0.3, -0.25) is 19.8 Å². The molecule has 0 aliphatic rings. The lowest BCUT2D eigenvalue weighted by Gasteiger charge is -2.30. The molecule has 0 fully saturated rings. The predicted octanol–water partition coefficient (Wildman–Crippen LogP) is 7.17. The molecule has 192 valence electrons. The second-order valence-electron chi connectivity index (χ2n) is 8.47. The molecule has 0 heterocycles. The average molecular weight is 528 g/mol. The van der Waals surface area contributed by atoms with Crippen molar-refractivity contribution in [3.8, 4) is 0 Å². The highest BCUT2D eigenvalue weighted by molar-refractivity contribution is 7.99. The molecule has 0 aliphatic heterocycles. The number of nitrogens with zero attached hydrogens (tertiary/aromatic N) is 2. The van der Waals surface area contributed by atoms with Crippen molar-refractivity contribution in [2.45, 2.75) is 29.2 Å². The minimum absolute atomic E-state index is 0.0402. The summed E-state index contributed by atoms with van der Waals surface area (Å²) >= 11 is 1.48. The molecule has 4 rings (SSSR count). The SMILES string of the molecule is CC(c1ccccc1)N(C(=O)Nc1ccccc1[N+](=O)[O-])c1cccc(Sc2ccc(CC(=O)O)cc2)c1. The average Bonchev–Trinajstić information content (AvgIpc) is 2.90. The number of rotatable bonds is 9. The maximum Gasteiger partial charge on any atom is 0.327 e. The fourth-order valence-corrected chi connectivity index (χ4v) is 4.86. The van der Waals surface area contributed by atoms with Gasteiger partial charge in [0.2, 0.25) is 0 Å². The number of anilines is 2. The molecule has 38 heavy (non-hydrogen) atoms. The van der Waals surface area contributed by atoms with E-state index in [0.29, 0.717) is 11.3 Å². The van der Waals surface area contributed by atoms with Gasteiger partial charge in [0, 0.05) is 21.5 Å². The number of carboxylic acids is 1. The van der Waals surface area contributed by atoms with Gasteiger partial charge < -0.3 is 10.4 Å². The van der Waals surface area contributed by atoms with Crippen molar-refractivity contribution in [1.82, 2.24) is 0 Å². The number of benzene rings is 4. The van der Waals surface area contributed by atoms with Crippen LogP contribution in [0.15, 0.2) is 113 Å². The number of hydrogen-bond acceptors (Lipinski definition) is 5. The Balaban J connectivity index is 1.65. The minimum Gasteiger partial charge on any atom is -0.481 e. The molecular weight excluding hydrogens is 502 g/mol. The van der Waals surface area contributed by atoms with Gasteiger partial charge >= 0.3 is 12.0 Å². The van der Waals surface area contributed by atoms with E-state index in [1.54, 1.807) is 29.2 Å². The highest BCUT2D eigenvalue weighted by Crippen LogP contribution is 2.34. The van der Waals surface area contributed by atoms with Crippen LogP contribution in [0.5, 0.6) is 0 Å². The summed E-state index contributed by atoms with van der Waals surface area (Å²) < 4.78 is 0. The first-order valence-corrected chi connectivity index (χ1v) is 12.6. The van der Waals surface area contributed by atoms with Crippen LogP contribution in [0, 0.1) is 10.1 Å². The predicted molar refractivity (Wildman–Crippen MR) is 148 cm³/mol. The number of carbonyl (C=O) groups is 2. The summed E-state index contributed by atoms with van der Waals surface area (Å²) in [7, 11) is 0. The first-order chi connectivity index (χ1) is 18.3. The summed E-state index contributed by atoms with van der Waals surface area (Å²) in [5.41, 5.74) is 2.15. The Morgan fingerprint density at radius 1 is 0.921 bits per heavy atom. The fraction of sp³-hybridized carbons (Fsp3) is 0.103. The highest BCUT2D eigenvalue weighted by atomic mass is 32.2. The zero-order chi connectivity index (χ0) is 27.1. The standard InChI is InChI=1S/C29H25N3O5S/c1-20(22-8-3-2-4-9-22)31(29(35)30-26-12-5-6-13-27(26)32(36)37)23-10-7-11-25(19-23)38-24-16-14-21(15-17-24)18-28(33)34/h2-17,19-20H,18H2,1H3,(H,30,35)(H,33,34). The van der Waals surface area contributed by atoms with Crippen molar-refractivity contribution < 1.29 is 19.6 Å². The fourth-order valence-electron chi connectivity index (χ4n) is 3.99. The van der Waals surface area contributed by atoms with Crippen molar-refractivity contribution in [2.75, 3.05) is 10.2 Å². The summed E-state index contributed by atoms with van der Waals surface area (Å²) in [4.78, 5) is 38.9. The van der Waals surface area contributed by atoms with Crippen LogP contribution in [-0.4, -0.2) is 22.0 Å². The molecule has 4 aromatic rings. The third-order valence-electron chi connectivity index (χ3n) is 5.84. The van der Waals surface area contributed by atoms with Crippen LogP contribution in [0.25, 0.3) is 0 Å². The quantitative estimate of drug-likeness (QED) is 0.176. The van der Waals surface area contributed by atoms with E-state index in [1.807, 2.05) is 73.7 Å². The number of nitro benzene ring substituents is 1. The molecule has 0 saturated carbocycles. The van der Waals surface area contributed by atoms with Gasteiger partial charge in [0.25, 0.3) is 5.69 Å². The van der Waals surface area contributed by atoms with E-state index in [9.17, 15) is 19.7 Å². The summed E-state index contributed by atoms with van der Waals surface area (Å²) in [6.45, 7) is 1.90. The molecule has 9 heteroatoms. The normalized spacial score (nSPS) is 11.4. The monoisotopic (exact) mass is 527 g/mol. The molecule has 0 aromatic heterocycles. The van der Waals surface area contributed by atoms with Gasteiger partial charge in [0.15, 0.2) is 0 Å². The topological polar surface area (TPSA) is 113 Å². The van der Waals surface area contributed by atoms with Crippen LogP contribution < -0.4 is 10.2 Å². The lowest BCUT2D eigenvalue weighted by molar-refractivity contribution is -0.383. The van der Waals surface area contributed by atoms with Gasteiger partial charge in [-0.25, -0.2) is 4.79 Å². The first-order valence-electron chi connectivity index (χ1n) is 11.8. The smallest absolute Gasteiger partial charge is 0.327 e. The van der Waals surface area contributed by atoms with Crippen LogP contribution in [0.1, 0.15) is 24.1 Å². The number of urea groups is 1. The third kappa shape index (κ3) is 6.57. The summed E-state index contributed by atoms with van der Waals surface area (Å²) in [6.07, 6.45) is -0.0402. The van der Waals surface area contributed by atoms with Gasteiger partial charge in [-0.1, -0.05) is 72.4 Å². The second-order valence-corrected chi connectivity index (χ2v) is 9.62. The molecule has 8 nitrogen and oxygen atoms in total. The summed E-state index contributed by atoms with van der Waals surface area (Å²) in [5.74, 6) is -0.884. The van der Waals surface area contributed by atoms with Crippen molar-refractivity contribution in [3.05, 3.63) is 124 Å². The lowest BCUT2D eigenvalue weighted by atomic mass is 10.1. The number of para-hydroxylation sites is 2. The number of aliphatic carboxylic acids is 1. The molecule has 2 N–H and O–H groups in total. The Morgan fingerprint density at radius 3 is 2.29 bits per heavy atom. The minimum atomic E-state index is -0.884. The van der Waals surface area contributed by atoms with Crippen LogP contribution in [0.4, 0.5) is 21.9 Å². The van der Waals surface area contributed by atoms with Crippen LogP contribution in [-0.2, 0) is 11.2 Å². The zero-order valence-electron chi connectivity index (χ0n) is 20.5. The van der Waals surface area contributed by atoms with E-state index in [0.717, 1.165) is 15.4 Å². The maximum atomic E-state index is 13.6. The molecule has 0 radical (unpaired) electrons. The molecular formula is C29H25N3O5S. The molecule has 1 unspecified atom stereocenters. The summed E-state index contributed by atoms with van der Waals surface area (Å²) in [6, 6.07) is 29.4. The van der Waals surface area contributed by atoms with Crippen molar-refractivity contribution >= 4 is 40.8 Å². The van der Waals surface area contributed by atoms with E-state index >= 15 is 0 Å². The van der Waals surface area contributed by atoms with Crippen LogP contribution >= 0.6 is 11.8 Å².